The average Bonchev–Trinajstić information content (AvgIpc) is 2.31. The van der Waals surface area contributed by atoms with E-state index in [-0.39, 0.29) is 5.97 Å². The summed E-state index contributed by atoms with van der Waals surface area (Å²) in [7, 11) is 0. The average molecular weight is 182 g/mol. The summed E-state index contributed by atoms with van der Waals surface area (Å²) in [6.07, 6.45) is 6.04. The molecule has 0 aromatic carbocycles. The fourth-order valence-corrected chi connectivity index (χ4v) is 2.83. The van der Waals surface area contributed by atoms with Gasteiger partial charge in [0.25, 0.3) is 0 Å². The summed E-state index contributed by atoms with van der Waals surface area (Å²) in [5, 5.41) is 0. The molecule has 0 heterocycles. The van der Waals surface area contributed by atoms with Crippen LogP contribution in [0.5, 0.6) is 0 Å². The number of carbonyl (C=O) groups excluding carboxylic acids is 1. The molecule has 0 radical (unpaired) electrons. The van der Waals surface area contributed by atoms with Gasteiger partial charge in [-0.05, 0) is 50.4 Å². The van der Waals surface area contributed by atoms with E-state index in [0.29, 0.717) is 18.9 Å². The fourth-order valence-electron chi connectivity index (χ4n) is 2.83. The van der Waals surface area contributed by atoms with Gasteiger partial charge in [0.05, 0.1) is 6.61 Å². The Bertz CT molecular complexity index is 188. The summed E-state index contributed by atoms with van der Waals surface area (Å²) in [6.45, 7) is 2.40. The van der Waals surface area contributed by atoms with Crippen molar-refractivity contribution < 1.29 is 9.53 Å². The summed E-state index contributed by atoms with van der Waals surface area (Å²) in [5.74, 6) is 2.56. The first-order valence-corrected chi connectivity index (χ1v) is 5.45. The molecule has 2 saturated carbocycles. The minimum atomic E-state index is 0.00815. The second-order valence-electron chi connectivity index (χ2n) is 4.44. The van der Waals surface area contributed by atoms with Gasteiger partial charge in [0.2, 0.25) is 0 Å². The second-order valence-corrected chi connectivity index (χ2v) is 4.44. The number of esters is 1. The van der Waals surface area contributed by atoms with Crippen LogP contribution in [0.15, 0.2) is 0 Å². The van der Waals surface area contributed by atoms with Gasteiger partial charge >= 0.3 is 5.97 Å². The zero-order valence-electron chi connectivity index (χ0n) is 8.29. The molecule has 0 spiro atoms. The second kappa shape index (κ2) is 3.69. The molecule has 2 nitrogen and oxygen atoms in total. The first kappa shape index (κ1) is 9.04. The molecule has 0 bridgehead atoms. The van der Waals surface area contributed by atoms with Crippen molar-refractivity contribution in [1.82, 2.24) is 0 Å². The monoisotopic (exact) mass is 182 g/mol. The molecule has 0 aromatic rings. The number of hydrogen-bond donors (Lipinski definition) is 0. The maximum atomic E-state index is 11.2. The van der Waals surface area contributed by atoms with Crippen LogP contribution in [0.4, 0.5) is 0 Å². The zero-order valence-corrected chi connectivity index (χ0v) is 8.29. The van der Waals surface area contributed by atoms with Crippen LogP contribution >= 0.6 is 0 Å². The Morgan fingerprint density at radius 3 is 2.38 bits per heavy atom. The molecule has 0 amide bonds. The highest BCUT2D eigenvalue weighted by molar-refractivity contribution is 5.69. The molecule has 0 aliphatic heterocycles. The van der Waals surface area contributed by atoms with Crippen LogP contribution in [0.25, 0.3) is 0 Å². The fraction of sp³-hybridized carbons (Fsp3) is 0.909. The van der Waals surface area contributed by atoms with Crippen molar-refractivity contribution in [1.29, 1.82) is 0 Å². The number of carbonyl (C=O) groups is 1. The smallest absolute Gasteiger partial charge is 0.306 e. The molecule has 2 aliphatic carbocycles. The lowest BCUT2D eigenvalue weighted by molar-refractivity contribution is -0.144. The van der Waals surface area contributed by atoms with Gasteiger partial charge < -0.3 is 4.74 Å². The Hall–Kier alpha value is -0.530. The molecule has 0 unspecified atom stereocenters. The van der Waals surface area contributed by atoms with Crippen molar-refractivity contribution in [3.05, 3.63) is 0 Å². The van der Waals surface area contributed by atoms with Gasteiger partial charge in [-0.2, -0.15) is 0 Å². The van der Waals surface area contributed by atoms with E-state index in [1.54, 1.807) is 0 Å². The molecule has 0 aromatic heterocycles. The summed E-state index contributed by atoms with van der Waals surface area (Å²) >= 11 is 0. The summed E-state index contributed by atoms with van der Waals surface area (Å²) in [5.41, 5.74) is 0. The van der Waals surface area contributed by atoms with Gasteiger partial charge in [0, 0.05) is 6.42 Å². The van der Waals surface area contributed by atoms with Crippen LogP contribution in [-0.2, 0) is 9.53 Å². The lowest BCUT2D eigenvalue weighted by Crippen LogP contribution is -2.18. The van der Waals surface area contributed by atoms with Gasteiger partial charge in [-0.15, -0.1) is 0 Å². The third-order valence-corrected chi connectivity index (χ3v) is 3.61. The summed E-state index contributed by atoms with van der Waals surface area (Å²) < 4.78 is 4.96. The number of fused-ring (bicyclic) bond motifs is 1. The molecule has 2 rings (SSSR count). The molecule has 0 saturated heterocycles. The van der Waals surface area contributed by atoms with Crippen molar-refractivity contribution in [2.45, 2.75) is 39.0 Å². The molecular formula is C11H18O2. The van der Waals surface area contributed by atoms with E-state index in [4.69, 9.17) is 4.74 Å². The van der Waals surface area contributed by atoms with Crippen molar-refractivity contribution in [3.63, 3.8) is 0 Å². The van der Waals surface area contributed by atoms with Crippen molar-refractivity contribution in [2.75, 3.05) is 6.61 Å². The summed E-state index contributed by atoms with van der Waals surface area (Å²) in [4.78, 5) is 11.2. The first-order valence-electron chi connectivity index (χ1n) is 5.45. The minimum Gasteiger partial charge on any atom is -0.466 e. The predicted octanol–water partition coefficient (Wildman–Crippen LogP) is 2.38. The van der Waals surface area contributed by atoms with Crippen molar-refractivity contribution in [2.24, 2.45) is 17.8 Å². The van der Waals surface area contributed by atoms with E-state index in [0.717, 1.165) is 11.8 Å². The van der Waals surface area contributed by atoms with E-state index in [9.17, 15) is 4.79 Å². The molecular weight excluding hydrogens is 164 g/mol. The van der Waals surface area contributed by atoms with Gasteiger partial charge in [-0.25, -0.2) is 0 Å². The van der Waals surface area contributed by atoms with Crippen LogP contribution < -0.4 is 0 Å². The molecule has 74 valence electrons. The van der Waals surface area contributed by atoms with Gasteiger partial charge in [-0.3, -0.25) is 4.79 Å². The Morgan fingerprint density at radius 1 is 1.31 bits per heavy atom. The maximum absolute atomic E-state index is 11.2. The maximum Gasteiger partial charge on any atom is 0.306 e. The van der Waals surface area contributed by atoms with Crippen LogP contribution in [0.1, 0.15) is 39.0 Å². The predicted molar refractivity (Wildman–Crippen MR) is 50.2 cm³/mol. The highest BCUT2D eigenvalue weighted by Gasteiger charge is 2.40. The number of ether oxygens (including phenoxy) is 1. The summed E-state index contributed by atoms with van der Waals surface area (Å²) in [6, 6.07) is 0. The largest absolute Gasteiger partial charge is 0.466 e. The van der Waals surface area contributed by atoms with Crippen LogP contribution in [0, 0.1) is 17.8 Å². The third kappa shape index (κ3) is 1.87. The van der Waals surface area contributed by atoms with Crippen molar-refractivity contribution in [3.8, 4) is 0 Å². The topological polar surface area (TPSA) is 26.3 Å². The van der Waals surface area contributed by atoms with E-state index >= 15 is 0 Å². The van der Waals surface area contributed by atoms with Crippen LogP contribution in [-0.4, -0.2) is 12.6 Å². The van der Waals surface area contributed by atoms with E-state index in [1.807, 2.05) is 6.92 Å². The Balaban J connectivity index is 1.73. The van der Waals surface area contributed by atoms with E-state index in [1.165, 1.54) is 25.7 Å². The van der Waals surface area contributed by atoms with Crippen LogP contribution in [0.3, 0.4) is 0 Å². The molecule has 0 N–H and O–H groups in total. The van der Waals surface area contributed by atoms with E-state index < -0.39 is 0 Å². The molecule has 2 fully saturated rings. The first-order chi connectivity index (χ1) is 6.29. The minimum absolute atomic E-state index is 0.00815. The Kier molecular flexibility index (Phi) is 2.56. The lowest BCUT2D eigenvalue weighted by atomic mass is 9.77. The van der Waals surface area contributed by atoms with Gasteiger partial charge in [0.1, 0.15) is 0 Å². The molecule has 13 heavy (non-hydrogen) atoms. The molecule has 2 aliphatic rings. The number of hydrogen-bond acceptors (Lipinski definition) is 2. The standard InChI is InChI=1S/C11H18O2/c1-2-13-11(12)7-8-5-9-3-4-10(9)6-8/h8-10H,2-7H2,1H3/t8-,9+,10-. The molecule has 3 atom stereocenters. The zero-order chi connectivity index (χ0) is 9.26. The number of rotatable bonds is 3. The highest BCUT2D eigenvalue weighted by atomic mass is 16.5. The van der Waals surface area contributed by atoms with E-state index in [2.05, 4.69) is 0 Å². The van der Waals surface area contributed by atoms with Crippen molar-refractivity contribution >= 4 is 5.97 Å². The quantitative estimate of drug-likeness (QED) is 0.626. The molecule has 2 heteroatoms. The third-order valence-electron chi connectivity index (χ3n) is 3.61. The SMILES string of the molecule is CCOC(=O)C[C@H]1C[C@H]2CC[C@H]2C1. The normalized spacial score (nSPS) is 36.5. The Labute approximate surface area is 79.7 Å². The van der Waals surface area contributed by atoms with Gasteiger partial charge in [-0.1, -0.05) is 0 Å². The van der Waals surface area contributed by atoms with Crippen LogP contribution in [0.2, 0.25) is 0 Å². The Morgan fingerprint density at radius 2 is 1.92 bits per heavy atom. The highest BCUT2D eigenvalue weighted by Crippen LogP contribution is 2.50. The van der Waals surface area contributed by atoms with Gasteiger partial charge in [0.15, 0.2) is 0 Å². The lowest BCUT2D eigenvalue weighted by Gasteiger charge is -2.29.